The fourth-order valence-electron chi connectivity index (χ4n) is 2.88. The summed E-state index contributed by atoms with van der Waals surface area (Å²) >= 11 is 0. The van der Waals surface area contributed by atoms with Gasteiger partial charge < -0.3 is 9.47 Å². The third kappa shape index (κ3) is 2.92. The fraction of sp³-hybridized carbons (Fsp3) is 0.300. The van der Waals surface area contributed by atoms with E-state index in [1.165, 1.54) is 0 Å². The molecule has 2 aromatic carbocycles. The lowest BCUT2D eigenvalue weighted by molar-refractivity contribution is -0.177. The summed E-state index contributed by atoms with van der Waals surface area (Å²) in [4.78, 5) is 25.3. The molecule has 0 aromatic heterocycles. The Labute approximate surface area is 141 Å². The van der Waals surface area contributed by atoms with Crippen molar-refractivity contribution in [2.24, 2.45) is 0 Å². The molecule has 2 aromatic rings. The highest BCUT2D eigenvalue weighted by atomic mass is 16.6. The predicted molar refractivity (Wildman–Crippen MR) is 89.5 cm³/mol. The van der Waals surface area contributed by atoms with Crippen molar-refractivity contribution in [3.8, 4) is 0 Å². The van der Waals surface area contributed by atoms with Gasteiger partial charge in [0.2, 0.25) is 5.60 Å². The number of hydrogen-bond acceptors (Lipinski definition) is 4. The molecular weight excluding hydrogens is 304 g/mol. The molecule has 1 aliphatic heterocycles. The molecular formula is C20H20O4. The second-order valence-corrected chi connectivity index (χ2v) is 6.93. The lowest BCUT2D eigenvalue weighted by Gasteiger charge is -2.30. The zero-order chi connectivity index (χ0) is 17.4. The molecule has 0 amide bonds. The SMILES string of the molecule is CC(C)(C)OC(=O)[C@]1(Cc2ccccc2)OC(=O)c2ccccc21. The number of ether oxygens (including phenoxy) is 2. The smallest absolute Gasteiger partial charge is 0.356 e. The van der Waals surface area contributed by atoms with Crippen LogP contribution in [0.4, 0.5) is 0 Å². The first-order chi connectivity index (χ1) is 11.3. The highest BCUT2D eigenvalue weighted by Crippen LogP contribution is 2.41. The normalized spacial score (nSPS) is 19.5. The van der Waals surface area contributed by atoms with E-state index >= 15 is 0 Å². The van der Waals surface area contributed by atoms with Crippen molar-refractivity contribution in [2.45, 2.75) is 38.4 Å². The molecule has 0 aliphatic carbocycles. The first-order valence-electron chi connectivity index (χ1n) is 7.92. The zero-order valence-corrected chi connectivity index (χ0v) is 14.0. The van der Waals surface area contributed by atoms with E-state index in [-0.39, 0.29) is 6.42 Å². The summed E-state index contributed by atoms with van der Waals surface area (Å²) in [5.74, 6) is -1.04. The van der Waals surface area contributed by atoms with Crippen LogP contribution in [-0.2, 0) is 26.3 Å². The summed E-state index contributed by atoms with van der Waals surface area (Å²) in [6.07, 6.45) is 0.242. The van der Waals surface area contributed by atoms with Gasteiger partial charge in [0.25, 0.3) is 0 Å². The van der Waals surface area contributed by atoms with Crippen molar-refractivity contribution in [3.63, 3.8) is 0 Å². The summed E-state index contributed by atoms with van der Waals surface area (Å²) in [7, 11) is 0. The van der Waals surface area contributed by atoms with Crippen LogP contribution in [0.15, 0.2) is 54.6 Å². The van der Waals surface area contributed by atoms with E-state index < -0.39 is 23.1 Å². The quantitative estimate of drug-likeness (QED) is 0.809. The van der Waals surface area contributed by atoms with Crippen LogP contribution in [0.5, 0.6) is 0 Å². The van der Waals surface area contributed by atoms with Crippen molar-refractivity contribution in [1.29, 1.82) is 0 Å². The number of fused-ring (bicyclic) bond motifs is 1. The van der Waals surface area contributed by atoms with Gasteiger partial charge in [0.05, 0.1) is 5.56 Å². The zero-order valence-electron chi connectivity index (χ0n) is 14.0. The minimum Gasteiger partial charge on any atom is -0.457 e. The largest absolute Gasteiger partial charge is 0.457 e. The van der Waals surface area contributed by atoms with Gasteiger partial charge in [-0.3, -0.25) is 0 Å². The van der Waals surface area contributed by atoms with Crippen LogP contribution >= 0.6 is 0 Å². The van der Waals surface area contributed by atoms with Gasteiger partial charge >= 0.3 is 11.9 Å². The molecule has 0 fully saturated rings. The second-order valence-electron chi connectivity index (χ2n) is 6.93. The summed E-state index contributed by atoms with van der Waals surface area (Å²) in [5, 5.41) is 0. The Kier molecular flexibility index (Phi) is 3.91. The number of hydrogen-bond donors (Lipinski definition) is 0. The molecule has 0 bridgehead atoms. The Morgan fingerprint density at radius 3 is 2.33 bits per heavy atom. The molecule has 1 aliphatic rings. The lowest BCUT2D eigenvalue weighted by atomic mass is 9.86. The molecule has 1 heterocycles. The molecule has 3 rings (SSSR count). The van der Waals surface area contributed by atoms with E-state index in [9.17, 15) is 9.59 Å². The van der Waals surface area contributed by atoms with Gasteiger partial charge in [0.1, 0.15) is 5.60 Å². The highest BCUT2D eigenvalue weighted by molar-refractivity contribution is 6.01. The van der Waals surface area contributed by atoms with Crippen molar-refractivity contribution < 1.29 is 19.1 Å². The molecule has 0 saturated heterocycles. The topological polar surface area (TPSA) is 52.6 Å². The van der Waals surface area contributed by atoms with Crippen LogP contribution in [0.3, 0.4) is 0 Å². The van der Waals surface area contributed by atoms with Crippen LogP contribution < -0.4 is 0 Å². The molecule has 0 saturated carbocycles. The van der Waals surface area contributed by atoms with Crippen LogP contribution in [-0.4, -0.2) is 17.5 Å². The average molecular weight is 324 g/mol. The van der Waals surface area contributed by atoms with E-state index in [2.05, 4.69) is 0 Å². The number of benzene rings is 2. The van der Waals surface area contributed by atoms with E-state index in [1.54, 1.807) is 45.0 Å². The number of rotatable bonds is 3. The molecule has 24 heavy (non-hydrogen) atoms. The number of carbonyl (C=O) groups excluding carboxylic acids is 2. The fourth-order valence-corrected chi connectivity index (χ4v) is 2.88. The third-order valence-corrected chi connectivity index (χ3v) is 3.87. The number of esters is 2. The Balaban J connectivity index is 2.09. The van der Waals surface area contributed by atoms with E-state index in [1.807, 2.05) is 30.3 Å². The molecule has 4 heteroatoms. The molecule has 0 N–H and O–H groups in total. The first-order valence-corrected chi connectivity index (χ1v) is 7.92. The first kappa shape index (κ1) is 16.2. The van der Waals surface area contributed by atoms with Crippen LogP contribution in [0.1, 0.15) is 42.3 Å². The molecule has 0 spiro atoms. The number of carbonyl (C=O) groups is 2. The third-order valence-electron chi connectivity index (χ3n) is 3.87. The standard InChI is InChI=1S/C20H20O4/c1-19(2,3)24-18(22)20(13-14-9-5-4-6-10-14)16-12-8-7-11-15(16)17(21)23-20/h4-12H,13H2,1-3H3/t20-/m1/s1. The van der Waals surface area contributed by atoms with Crippen LogP contribution in [0.25, 0.3) is 0 Å². The van der Waals surface area contributed by atoms with Gasteiger partial charge in [-0.25, -0.2) is 9.59 Å². The Bertz CT molecular complexity index is 774. The predicted octanol–water partition coefficient (Wildman–Crippen LogP) is 3.64. The van der Waals surface area contributed by atoms with E-state index in [0.717, 1.165) is 5.56 Å². The number of cyclic esters (lactones) is 1. The van der Waals surface area contributed by atoms with Gasteiger partial charge in [-0.15, -0.1) is 0 Å². The minimum absolute atomic E-state index is 0.242. The average Bonchev–Trinajstić information content (AvgIpc) is 2.81. The van der Waals surface area contributed by atoms with Gasteiger partial charge in [-0.2, -0.15) is 0 Å². The Morgan fingerprint density at radius 2 is 1.67 bits per heavy atom. The van der Waals surface area contributed by atoms with Crippen molar-refractivity contribution in [1.82, 2.24) is 0 Å². The van der Waals surface area contributed by atoms with E-state index in [0.29, 0.717) is 11.1 Å². The van der Waals surface area contributed by atoms with Crippen molar-refractivity contribution >= 4 is 11.9 Å². The molecule has 0 radical (unpaired) electrons. The summed E-state index contributed by atoms with van der Waals surface area (Å²) in [6, 6.07) is 16.5. The minimum atomic E-state index is -1.44. The summed E-state index contributed by atoms with van der Waals surface area (Å²) < 4.78 is 11.2. The molecule has 4 nitrogen and oxygen atoms in total. The summed E-state index contributed by atoms with van der Waals surface area (Å²) in [6.45, 7) is 5.39. The molecule has 1 atom stereocenters. The highest BCUT2D eigenvalue weighted by Gasteiger charge is 2.53. The monoisotopic (exact) mass is 324 g/mol. The molecule has 124 valence electrons. The maximum atomic E-state index is 13.0. The van der Waals surface area contributed by atoms with Crippen LogP contribution in [0, 0.1) is 0 Å². The van der Waals surface area contributed by atoms with Gasteiger partial charge in [0, 0.05) is 12.0 Å². The van der Waals surface area contributed by atoms with Crippen molar-refractivity contribution in [3.05, 3.63) is 71.3 Å². The van der Waals surface area contributed by atoms with Gasteiger partial charge in [-0.1, -0.05) is 48.5 Å². The van der Waals surface area contributed by atoms with Crippen LogP contribution in [0.2, 0.25) is 0 Å². The maximum absolute atomic E-state index is 13.0. The maximum Gasteiger partial charge on any atom is 0.356 e. The lowest BCUT2D eigenvalue weighted by Crippen LogP contribution is -2.43. The Morgan fingerprint density at radius 1 is 1.04 bits per heavy atom. The summed E-state index contributed by atoms with van der Waals surface area (Å²) in [5.41, 5.74) is -0.243. The van der Waals surface area contributed by atoms with Gasteiger partial charge in [0.15, 0.2) is 0 Å². The Hall–Kier alpha value is -2.62. The van der Waals surface area contributed by atoms with Crippen molar-refractivity contribution in [2.75, 3.05) is 0 Å². The van der Waals surface area contributed by atoms with Gasteiger partial charge in [-0.05, 0) is 32.4 Å². The molecule has 0 unspecified atom stereocenters. The van der Waals surface area contributed by atoms with E-state index in [4.69, 9.17) is 9.47 Å². The second kappa shape index (κ2) is 5.78.